The van der Waals surface area contributed by atoms with Gasteiger partial charge in [-0.1, -0.05) is 6.07 Å². The Morgan fingerprint density at radius 2 is 1.77 bits per heavy atom. The molecule has 0 fully saturated rings. The van der Waals surface area contributed by atoms with Crippen molar-refractivity contribution in [3.63, 3.8) is 0 Å². The topological polar surface area (TPSA) is 17.8 Å². The number of halogens is 6. The van der Waals surface area contributed by atoms with Crippen molar-refractivity contribution in [2.45, 2.75) is 24.2 Å². The van der Waals surface area contributed by atoms with Crippen molar-refractivity contribution in [1.29, 1.82) is 0 Å². The second-order valence-electron chi connectivity index (χ2n) is 4.50. The summed E-state index contributed by atoms with van der Waals surface area (Å²) in [6.45, 7) is 1.63. The van der Waals surface area contributed by atoms with Crippen LogP contribution in [-0.2, 0) is 6.18 Å². The number of rotatable bonds is 3. The number of aromatic nitrogens is 2. The summed E-state index contributed by atoms with van der Waals surface area (Å²) < 4.78 is 75.3. The van der Waals surface area contributed by atoms with Crippen LogP contribution in [-0.4, -0.2) is 21.7 Å². The fraction of sp³-hybridized carbons (Fsp3) is 0.308. The van der Waals surface area contributed by atoms with E-state index in [1.807, 2.05) is 0 Å². The molecule has 0 amide bonds. The Kier molecular flexibility index (Phi) is 4.46. The van der Waals surface area contributed by atoms with Gasteiger partial charge < -0.3 is 0 Å². The molecule has 0 unspecified atom stereocenters. The Hall–Kier alpha value is -1.64. The van der Waals surface area contributed by atoms with E-state index in [0.29, 0.717) is 22.2 Å². The van der Waals surface area contributed by atoms with E-state index in [1.165, 1.54) is 12.1 Å². The van der Waals surface area contributed by atoms with Crippen molar-refractivity contribution in [3.05, 3.63) is 41.7 Å². The van der Waals surface area contributed by atoms with Crippen molar-refractivity contribution < 1.29 is 26.3 Å². The first-order valence-corrected chi connectivity index (χ1v) is 6.98. The smallest absolute Gasteiger partial charge is 0.240 e. The molecule has 0 aliphatic heterocycles. The summed E-state index contributed by atoms with van der Waals surface area (Å²) in [7, 11) is 0. The average Bonchev–Trinajstić information content (AvgIpc) is 2.86. The number of aryl methyl sites for hydroxylation is 1. The second kappa shape index (κ2) is 5.86. The van der Waals surface area contributed by atoms with Crippen LogP contribution >= 0.6 is 11.8 Å². The van der Waals surface area contributed by atoms with E-state index in [4.69, 9.17) is 0 Å². The molecule has 0 spiro atoms. The number of alkyl halides is 6. The molecule has 0 N–H and O–H groups in total. The maximum absolute atomic E-state index is 12.5. The van der Waals surface area contributed by atoms with Crippen molar-refractivity contribution in [2.75, 3.05) is 5.75 Å². The lowest BCUT2D eigenvalue weighted by Gasteiger charge is -2.10. The lowest BCUT2D eigenvalue weighted by molar-refractivity contribution is -0.141. The number of nitrogens with zero attached hydrogens (tertiary/aromatic N) is 2. The summed E-state index contributed by atoms with van der Waals surface area (Å²) in [6.07, 6.45) is -7.77. The zero-order valence-electron chi connectivity index (χ0n) is 11.2. The second-order valence-corrected chi connectivity index (χ2v) is 5.51. The van der Waals surface area contributed by atoms with Crippen LogP contribution in [0.2, 0.25) is 0 Å². The molecule has 9 heteroatoms. The van der Waals surface area contributed by atoms with Gasteiger partial charge in [0.1, 0.15) is 0 Å². The van der Waals surface area contributed by atoms with E-state index >= 15 is 0 Å². The van der Waals surface area contributed by atoms with E-state index in [2.05, 4.69) is 5.10 Å². The van der Waals surface area contributed by atoms with Crippen molar-refractivity contribution in [2.24, 2.45) is 0 Å². The van der Waals surface area contributed by atoms with Gasteiger partial charge in [0, 0.05) is 11.1 Å². The van der Waals surface area contributed by atoms with Gasteiger partial charge in [-0.05, 0) is 30.7 Å². The minimum Gasteiger partial charge on any atom is -0.240 e. The van der Waals surface area contributed by atoms with Gasteiger partial charge in [-0.25, -0.2) is 4.68 Å². The van der Waals surface area contributed by atoms with Gasteiger partial charge in [-0.3, -0.25) is 0 Å². The summed E-state index contributed by atoms with van der Waals surface area (Å²) >= 11 is 0.587. The predicted molar refractivity (Wildman–Crippen MR) is 70.1 cm³/mol. The molecule has 0 saturated heterocycles. The van der Waals surface area contributed by atoms with Crippen LogP contribution in [0.3, 0.4) is 0 Å². The molecular weight excluding hydrogens is 330 g/mol. The van der Waals surface area contributed by atoms with Crippen LogP contribution < -0.4 is 0 Å². The number of benzene rings is 1. The Bertz CT molecular complexity index is 659. The van der Waals surface area contributed by atoms with E-state index in [9.17, 15) is 26.3 Å². The highest BCUT2D eigenvalue weighted by molar-refractivity contribution is 7.99. The highest BCUT2D eigenvalue weighted by atomic mass is 32.2. The maximum Gasteiger partial charge on any atom is 0.435 e. The number of thioether (sulfide) groups is 1. The summed E-state index contributed by atoms with van der Waals surface area (Å²) in [5.41, 5.74) is -0.176. The lowest BCUT2D eigenvalue weighted by Crippen LogP contribution is -2.10. The number of hydrogen-bond acceptors (Lipinski definition) is 2. The molecule has 0 aliphatic rings. The molecule has 0 bridgehead atoms. The first-order valence-electron chi connectivity index (χ1n) is 6.00. The van der Waals surface area contributed by atoms with Crippen LogP contribution in [0.15, 0.2) is 35.4 Å². The van der Waals surface area contributed by atoms with E-state index in [1.54, 1.807) is 13.0 Å². The maximum atomic E-state index is 12.5. The van der Waals surface area contributed by atoms with Gasteiger partial charge in [0.15, 0.2) is 5.69 Å². The monoisotopic (exact) mass is 340 g/mol. The minimum absolute atomic E-state index is 0.269. The van der Waals surface area contributed by atoms with Gasteiger partial charge in [0.2, 0.25) is 0 Å². The fourth-order valence-electron chi connectivity index (χ4n) is 1.67. The summed E-state index contributed by atoms with van der Waals surface area (Å²) in [4.78, 5) is 0.346. The van der Waals surface area contributed by atoms with Gasteiger partial charge in [-0.15, -0.1) is 11.8 Å². The van der Waals surface area contributed by atoms with E-state index in [0.717, 1.165) is 16.9 Å². The Morgan fingerprint density at radius 3 is 2.32 bits per heavy atom. The van der Waals surface area contributed by atoms with E-state index in [-0.39, 0.29) is 5.69 Å². The van der Waals surface area contributed by atoms with Crippen molar-refractivity contribution in [1.82, 2.24) is 9.78 Å². The lowest BCUT2D eigenvalue weighted by atomic mass is 10.2. The summed E-state index contributed by atoms with van der Waals surface area (Å²) in [5.74, 6) is -1.07. The molecule has 2 rings (SSSR count). The first kappa shape index (κ1) is 16.7. The van der Waals surface area contributed by atoms with Crippen LogP contribution in [0, 0.1) is 6.92 Å². The van der Waals surface area contributed by atoms with Crippen molar-refractivity contribution >= 4 is 11.8 Å². The Morgan fingerprint density at radius 1 is 1.09 bits per heavy atom. The molecule has 1 aromatic carbocycles. The molecule has 1 heterocycles. The van der Waals surface area contributed by atoms with Gasteiger partial charge in [0.05, 0.1) is 11.4 Å². The third-order valence-corrected chi connectivity index (χ3v) is 3.93. The molecule has 22 heavy (non-hydrogen) atoms. The highest BCUT2D eigenvalue weighted by Gasteiger charge is 2.33. The van der Waals surface area contributed by atoms with Crippen LogP contribution in [0.4, 0.5) is 26.3 Å². The first-order chi connectivity index (χ1) is 10.1. The Labute approximate surface area is 126 Å². The molecule has 120 valence electrons. The molecule has 0 saturated carbocycles. The highest BCUT2D eigenvalue weighted by Crippen LogP contribution is 2.31. The molecule has 1 aromatic heterocycles. The molecule has 0 aliphatic carbocycles. The Balaban J connectivity index is 2.27. The molecule has 2 nitrogen and oxygen atoms in total. The third-order valence-electron chi connectivity index (χ3n) is 2.71. The zero-order chi connectivity index (χ0) is 16.5. The standard InChI is InChI=1S/C13H10F6N2S/c1-8-2-3-9(6-10(8)22-7-12(14,15)16)21-5-4-11(20-21)13(17,18)19/h2-6H,7H2,1H3. The van der Waals surface area contributed by atoms with Crippen LogP contribution in [0.5, 0.6) is 0 Å². The molecule has 2 aromatic rings. The third kappa shape index (κ3) is 4.19. The number of hydrogen-bond donors (Lipinski definition) is 0. The molecule has 0 radical (unpaired) electrons. The quantitative estimate of drug-likeness (QED) is 0.587. The fourth-order valence-corrected chi connectivity index (χ4v) is 2.48. The SMILES string of the molecule is Cc1ccc(-n2ccc(C(F)(F)F)n2)cc1SCC(F)(F)F. The zero-order valence-corrected chi connectivity index (χ0v) is 12.0. The largest absolute Gasteiger partial charge is 0.435 e. The average molecular weight is 340 g/mol. The molecule has 0 atom stereocenters. The van der Waals surface area contributed by atoms with Crippen LogP contribution in [0.1, 0.15) is 11.3 Å². The predicted octanol–water partition coefficient (Wildman–Crippen LogP) is 4.85. The summed E-state index contributed by atoms with van der Waals surface area (Å²) in [5, 5.41) is 3.39. The van der Waals surface area contributed by atoms with Gasteiger partial charge >= 0.3 is 12.4 Å². The van der Waals surface area contributed by atoms with Crippen LogP contribution in [0.25, 0.3) is 5.69 Å². The minimum atomic E-state index is -4.57. The van der Waals surface area contributed by atoms with E-state index < -0.39 is 23.8 Å². The summed E-state index contributed by atoms with van der Waals surface area (Å²) in [6, 6.07) is 5.24. The van der Waals surface area contributed by atoms with Gasteiger partial charge in [0.25, 0.3) is 0 Å². The van der Waals surface area contributed by atoms with Gasteiger partial charge in [-0.2, -0.15) is 31.4 Å². The van der Waals surface area contributed by atoms with Crippen molar-refractivity contribution in [3.8, 4) is 5.69 Å². The molecular formula is C13H10F6N2S. The normalized spacial score (nSPS) is 12.7.